The fraction of sp³-hybridized carbons (Fsp3) is 0.400. The van der Waals surface area contributed by atoms with E-state index in [2.05, 4.69) is 5.32 Å². The predicted molar refractivity (Wildman–Crippen MR) is 60.5 cm³/mol. The highest BCUT2D eigenvalue weighted by atomic mass is 35.5. The Labute approximate surface area is 94.2 Å². The summed E-state index contributed by atoms with van der Waals surface area (Å²) < 4.78 is 5.06. The Balaban J connectivity index is 2.95. The fourth-order valence-corrected chi connectivity index (χ4v) is 1.83. The van der Waals surface area contributed by atoms with Gasteiger partial charge in [0.15, 0.2) is 0 Å². The molecule has 0 aliphatic rings. The first-order valence-electron chi connectivity index (χ1n) is 4.29. The van der Waals surface area contributed by atoms with Crippen LogP contribution in [0.25, 0.3) is 0 Å². The number of rotatable bonds is 4. The lowest BCUT2D eigenvalue weighted by atomic mass is 10.1. The molecule has 1 atom stereocenters. The molecule has 78 valence electrons. The van der Waals surface area contributed by atoms with E-state index in [-0.39, 0.29) is 6.04 Å². The molecule has 1 unspecified atom stereocenters. The molecule has 0 aromatic heterocycles. The molecule has 4 heteroatoms. The van der Waals surface area contributed by atoms with Crippen molar-refractivity contribution in [2.45, 2.75) is 6.04 Å². The van der Waals surface area contributed by atoms with E-state index < -0.39 is 0 Å². The summed E-state index contributed by atoms with van der Waals surface area (Å²) in [6.45, 7) is 0. The molecule has 0 fully saturated rings. The van der Waals surface area contributed by atoms with Crippen molar-refractivity contribution in [1.82, 2.24) is 5.32 Å². The van der Waals surface area contributed by atoms with Gasteiger partial charge in [-0.05, 0) is 24.7 Å². The number of alkyl halides is 1. The summed E-state index contributed by atoms with van der Waals surface area (Å²) in [6.07, 6.45) is 0. The molecule has 14 heavy (non-hydrogen) atoms. The third-order valence-electron chi connectivity index (χ3n) is 2.08. The maximum Gasteiger partial charge on any atom is 0.137 e. The molecule has 1 rings (SSSR count). The Morgan fingerprint density at radius 3 is 2.64 bits per heavy atom. The van der Waals surface area contributed by atoms with Crippen LogP contribution < -0.4 is 10.1 Å². The lowest BCUT2D eigenvalue weighted by Crippen LogP contribution is -2.17. The molecule has 0 saturated heterocycles. The van der Waals surface area contributed by atoms with Gasteiger partial charge in [0.2, 0.25) is 0 Å². The van der Waals surface area contributed by atoms with Crippen LogP contribution in [0.2, 0.25) is 5.02 Å². The number of benzene rings is 1. The SMILES string of the molecule is CNC(CCl)c1ccc(OC)c(Cl)c1. The van der Waals surface area contributed by atoms with Crippen LogP contribution in [0.4, 0.5) is 0 Å². The predicted octanol–water partition coefficient (Wildman–Crippen LogP) is 2.85. The van der Waals surface area contributed by atoms with Crippen LogP contribution in [0.5, 0.6) is 5.75 Å². The summed E-state index contributed by atoms with van der Waals surface area (Å²) in [7, 11) is 3.46. The number of halogens is 2. The Morgan fingerprint density at radius 1 is 1.50 bits per heavy atom. The van der Waals surface area contributed by atoms with E-state index in [0.717, 1.165) is 5.56 Å². The average Bonchev–Trinajstić information content (AvgIpc) is 2.20. The van der Waals surface area contributed by atoms with Gasteiger partial charge in [0.05, 0.1) is 12.1 Å². The van der Waals surface area contributed by atoms with Crippen LogP contribution in [-0.2, 0) is 0 Å². The van der Waals surface area contributed by atoms with Crippen molar-refractivity contribution in [3.63, 3.8) is 0 Å². The zero-order valence-electron chi connectivity index (χ0n) is 8.18. The molecule has 1 aromatic rings. The number of hydrogen-bond donors (Lipinski definition) is 1. The molecular formula is C10H13Cl2NO. The summed E-state index contributed by atoms with van der Waals surface area (Å²) in [6, 6.07) is 5.78. The molecule has 0 aliphatic heterocycles. The van der Waals surface area contributed by atoms with E-state index in [1.165, 1.54) is 0 Å². The zero-order chi connectivity index (χ0) is 10.6. The van der Waals surface area contributed by atoms with Crippen molar-refractivity contribution in [1.29, 1.82) is 0 Å². The van der Waals surface area contributed by atoms with Crippen molar-refractivity contribution < 1.29 is 4.74 Å². The highest BCUT2D eigenvalue weighted by Gasteiger charge is 2.09. The summed E-state index contributed by atoms with van der Waals surface area (Å²) in [5, 5.41) is 3.71. The molecule has 0 saturated carbocycles. The molecule has 0 aliphatic carbocycles. The molecular weight excluding hydrogens is 221 g/mol. The minimum Gasteiger partial charge on any atom is -0.495 e. The van der Waals surface area contributed by atoms with Crippen LogP contribution in [0.3, 0.4) is 0 Å². The second-order valence-electron chi connectivity index (χ2n) is 2.89. The van der Waals surface area contributed by atoms with Gasteiger partial charge in [-0.15, -0.1) is 11.6 Å². The van der Waals surface area contributed by atoms with Gasteiger partial charge in [-0.2, -0.15) is 0 Å². The first-order chi connectivity index (χ1) is 6.72. The Hall–Kier alpha value is -0.440. The number of nitrogens with one attached hydrogen (secondary N) is 1. The van der Waals surface area contributed by atoms with E-state index >= 15 is 0 Å². The van der Waals surface area contributed by atoms with Crippen molar-refractivity contribution in [2.75, 3.05) is 20.0 Å². The molecule has 1 N–H and O–H groups in total. The number of methoxy groups -OCH3 is 1. The van der Waals surface area contributed by atoms with Gasteiger partial charge < -0.3 is 10.1 Å². The zero-order valence-corrected chi connectivity index (χ0v) is 9.69. The maximum absolute atomic E-state index is 5.99. The van der Waals surface area contributed by atoms with Crippen LogP contribution in [-0.4, -0.2) is 20.0 Å². The largest absolute Gasteiger partial charge is 0.495 e. The van der Waals surface area contributed by atoms with Gasteiger partial charge >= 0.3 is 0 Å². The lowest BCUT2D eigenvalue weighted by molar-refractivity contribution is 0.414. The van der Waals surface area contributed by atoms with Gasteiger partial charge in [0.1, 0.15) is 5.75 Å². The van der Waals surface area contributed by atoms with Crippen LogP contribution >= 0.6 is 23.2 Å². The Bertz CT molecular complexity index is 300. The van der Waals surface area contributed by atoms with E-state index in [9.17, 15) is 0 Å². The van der Waals surface area contributed by atoms with Crippen LogP contribution in [0, 0.1) is 0 Å². The second-order valence-corrected chi connectivity index (χ2v) is 3.61. The van der Waals surface area contributed by atoms with E-state index in [0.29, 0.717) is 16.7 Å². The molecule has 2 nitrogen and oxygen atoms in total. The number of ether oxygens (including phenoxy) is 1. The fourth-order valence-electron chi connectivity index (χ4n) is 1.23. The number of hydrogen-bond acceptors (Lipinski definition) is 2. The van der Waals surface area contributed by atoms with Gasteiger partial charge in [-0.1, -0.05) is 17.7 Å². The smallest absolute Gasteiger partial charge is 0.137 e. The minimum absolute atomic E-state index is 0.125. The second kappa shape index (κ2) is 5.44. The summed E-state index contributed by atoms with van der Waals surface area (Å²) in [5.74, 6) is 1.19. The van der Waals surface area contributed by atoms with E-state index in [1.807, 2.05) is 25.2 Å². The highest BCUT2D eigenvalue weighted by molar-refractivity contribution is 6.32. The van der Waals surface area contributed by atoms with Crippen molar-refractivity contribution in [3.8, 4) is 5.75 Å². The van der Waals surface area contributed by atoms with Crippen LogP contribution in [0.1, 0.15) is 11.6 Å². The molecule has 0 amide bonds. The molecule has 0 radical (unpaired) electrons. The first-order valence-corrected chi connectivity index (χ1v) is 5.20. The van der Waals surface area contributed by atoms with E-state index in [4.69, 9.17) is 27.9 Å². The average molecular weight is 234 g/mol. The Kier molecular flexibility index (Phi) is 4.52. The Morgan fingerprint density at radius 2 is 2.21 bits per heavy atom. The third-order valence-corrected chi connectivity index (χ3v) is 2.68. The third kappa shape index (κ3) is 2.53. The normalized spacial score (nSPS) is 12.6. The summed E-state index contributed by atoms with van der Waals surface area (Å²) in [5.41, 5.74) is 1.06. The minimum atomic E-state index is 0.125. The summed E-state index contributed by atoms with van der Waals surface area (Å²) in [4.78, 5) is 0. The topological polar surface area (TPSA) is 21.3 Å². The maximum atomic E-state index is 5.99. The van der Waals surface area contributed by atoms with Crippen molar-refractivity contribution >= 4 is 23.2 Å². The molecule has 0 spiro atoms. The first kappa shape index (κ1) is 11.6. The molecule has 0 heterocycles. The van der Waals surface area contributed by atoms with Gasteiger partial charge in [0.25, 0.3) is 0 Å². The monoisotopic (exact) mass is 233 g/mol. The van der Waals surface area contributed by atoms with Crippen molar-refractivity contribution in [3.05, 3.63) is 28.8 Å². The van der Waals surface area contributed by atoms with Gasteiger partial charge in [-0.3, -0.25) is 0 Å². The van der Waals surface area contributed by atoms with Gasteiger partial charge in [-0.25, -0.2) is 0 Å². The standard InChI is InChI=1S/C10H13Cl2NO/c1-13-9(6-11)7-3-4-10(14-2)8(12)5-7/h3-5,9,13H,6H2,1-2H3. The van der Waals surface area contributed by atoms with Gasteiger partial charge in [0, 0.05) is 11.9 Å². The van der Waals surface area contributed by atoms with Crippen LogP contribution in [0.15, 0.2) is 18.2 Å². The molecule has 0 bridgehead atoms. The quantitative estimate of drug-likeness (QED) is 0.809. The van der Waals surface area contributed by atoms with Crippen molar-refractivity contribution in [2.24, 2.45) is 0 Å². The highest BCUT2D eigenvalue weighted by Crippen LogP contribution is 2.27. The summed E-state index contributed by atoms with van der Waals surface area (Å²) >= 11 is 11.8. The molecule has 1 aromatic carbocycles. The van der Waals surface area contributed by atoms with E-state index in [1.54, 1.807) is 7.11 Å². The lowest BCUT2D eigenvalue weighted by Gasteiger charge is -2.14.